The summed E-state index contributed by atoms with van der Waals surface area (Å²) >= 11 is 0. The Bertz CT molecular complexity index is 725. The highest BCUT2D eigenvalue weighted by Crippen LogP contribution is 2.31. The fraction of sp³-hybridized carbons (Fsp3) is 0. The van der Waals surface area contributed by atoms with Crippen LogP contribution in [0.2, 0.25) is 0 Å². The summed E-state index contributed by atoms with van der Waals surface area (Å²) in [6.45, 7) is 0. The summed E-state index contributed by atoms with van der Waals surface area (Å²) in [6.07, 6.45) is 0. The highest BCUT2D eigenvalue weighted by molar-refractivity contribution is 5.59. The van der Waals surface area contributed by atoms with E-state index in [1.165, 1.54) is 24.3 Å². The lowest BCUT2D eigenvalue weighted by Gasteiger charge is -2.09. The Morgan fingerprint density at radius 1 is 1.25 bits per heavy atom. The number of hydrogen-bond acceptors (Lipinski definition) is 5. The average Bonchev–Trinajstić information content (AvgIpc) is 2.42. The highest BCUT2D eigenvalue weighted by atomic mass is 19.1. The van der Waals surface area contributed by atoms with E-state index in [0.717, 1.165) is 12.1 Å². The molecular weight excluding hydrogens is 265 g/mol. The Morgan fingerprint density at radius 2 is 1.95 bits per heavy atom. The number of nitrogen functional groups attached to an aromatic ring is 1. The van der Waals surface area contributed by atoms with Gasteiger partial charge in [0, 0.05) is 12.1 Å². The van der Waals surface area contributed by atoms with Crippen molar-refractivity contribution in [3.8, 4) is 17.6 Å². The fourth-order valence-electron chi connectivity index (χ4n) is 1.51. The van der Waals surface area contributed by atoms with Crippen molar-refractivity contribution in [2.75, 3.05) is 5.73 Å². The maximum atomic E-state index is 13.6. The quantitative estimate of drug-likeness (QED) is 0.526. The third kappa shape index (κ3) is 2.64. The van der Waals surface area contributed by atoms with E-state index < -0.39 is 10.7 Å². The van der Waals surface area contributed by atoms with E-state index in [-0.39, 0.29) is 28.4 Å². The van der Waals surface area contributed by atoms with Crippen LogP contribution in [0.5, 0.6) is 11.5 Å². The molecule has 0 aromatic heterocycles. The molecule has 0 bridgehead atoms. The summed E-state index contributed by atoms with van der Waals surface area (Å²) in [5, 5.41) is 19.2. The molecule has 0 aliphatic heterocycles. The Labute approximate surface area is 113 Å². The molecule has 100 valence electrons. The van der Waals surface area contributed by atoms with Gasteiger partial charge in [0.2, 0.25) is 0 Å². The van der Waals surface area contributed by atoms with Crippen molar-refractivity contribution in [1.82, 2.24) is 0 Å². The van der Waals surface area contributed by atoms with Crippen LogP contribution in [0.3, 0.4) is 0 Å². The second-order valence-electron chi connectivity index (χ2n) is 3.84. The minimum atomic E-state index is -0.721. The summed E-state index contributed by atoms with van der Waals surface area (Å²) < 4.78 is 18.9. The summed E-state index contributed by atoms with van der Waals surface area (Å²) in [4.78, 5) is 9.97. The number of nitrogens with two attached hydrogens (primary N) is 1. The smallest absolute Gasteiger partial charge is 0.271 e. The lowest BCUT2D eigenvalue weighted by atomic mass is 10.2. The summed E-state index contributed by atoms with van der Waals surface area (Å²) in [5.41, 5.74) is 5.60. The van der Waals surface area contributed by atoms with Crippen molar-refractivity contribution in [3.63, 3.8) is 0 Å². The van der Waals surface area contributed by atoms with E-state index >= 15 is 0 Å². The van der Waals surface area contributed by atoms with Crippen molar-refractivity contribution >= 4 is 11.4 Å². The SMILES string of the molecule is N#Cc1ccc(Oc2ccc([N+](=O)[O-])cc2N)c(F)c1. The van der Waals surface area contributed by atoms with Crippen LogP contribution < -0.4 is 10.5 Å². The summed E-state index contributed by atoms with van der Waals surface area (Å²) in [7, 11) is 0. The predicted molar refractivity (Wildman–Crippen MR) is 68.7 cm³/mol. The van der Waals surface area contributed by atoms with Gasteiger partial charge in [0.1, 0.15) is 0 Å². The van der Waals surface area contributed by atoms with Crippen LogP contribution in [0.1, 0.15) is 5.56 Å². The van der Waals surface area contributed by atoms with Crippen molar-refractivity contribution in [1.29, 1.82) is 5.26 Å². The van der Waals surface area contributed by atoms with E-state index in [0.29, 0.717) is 0 Å². The second kappa shape index (κ2) is 5.24. The van der Waals surface area contributed by atoms with Crippen LogP contribution in [0.25, 0.3) is 0 Å². The molecule has 2 aromatic carbocycles. The molecule has 0 spiro atoms. The third-order valence-corrected chi connectivity index (χ3v) is 2.49. The molecule has 0 heterocycles. The Kier molecular flexibility index (Phi) is 3.48. The predicted octanol–water partition coefficient (Wildman–Crippen LogP) is 2.98. The van der Waals surface area contributed by atoms with Crippen molar-refractivity contribution in [2.45, 2.75) is 0 Å². The molecule has 0 radical (unpaired) electrons. The fourth-order valence-corrected chi connectivity index (χ4v) is 1.51. The molecule has 7 heteroatoms. The van der Waals surface area contributed by atoms with Crippen LogP contribution in [0.4, 0.5) is 15.8 Å². The molecule has 20 heavy (non-hydrogen) atoms. The molecule has 0 fully saturated rings. The molecule has 0 saturated heterocycles. The molecule has 0 aliphatic carbocycles. The molecule has 0 aliphatic rings. The van der Waals surface area contributed by atoms with Gasteiger partial charge in [-0.05, 0) is 24.3 Å². The number of nitro benzene ring substituents is 1. The second-order valence-corrected chi connectivity index (χ2v) is 3.84. The van der Waals surface area contributed by atoms with Gasteiger partial charge in [-0.25, -0.2) is 4.39 Å². The largest absolute Gasteiger partial charge is 0.452 e. The maximum Gasteiger partial charge on any atom is 0.271 e. The first kappa shape index (κ1) is 13.3. The molecule has 2 rings (SSSR count). The van der Waals surface area contributed by atoms with E-state index in [1.807, 2.05) is 0 Å². The number of rotatable bonds is 3. The molecule has 0 amide bonds. The molecular formula is C13H8FN3O3. The van der Waals surface area contributed by atoms with Crippen LogP contribution in [-0.4, -0.2) is 4.92 Å². The van der Waals surface area contributed by atoms with E-state index in [2.05, 4.69) is 0 Å². The zero-order valence-electron chi connectivity index (χ0n) is 10.0. The molecule has 2 N–H and O–H groups in total. The van der Waals surface area contributed by atoms with Crippen LogP contribution >= 0.6 is 0 Å². The van der Waals surface area contributed by atoms with Gasteiger partial charge in [-0.1, -0.05) is 0 Å². The number of nitro groups is 1. The van der Waals surface area contributed by atoms with Crippen LogP contribution in [-0.2, 0) is 0 Å². The summed E-state index contributed by atoms with van der Waals surface area (Å²) in [5.74, 6) is -0.745. The van der Waals surface area contributed by atoms with E-state index in [1.54, 1.807) is 6.07 Å². The Hall–Kier alpha value is -3.14. The van der Waals surface area contributed by atoms with Gasteiger partial charge >= 0.3 is 0 Å². The lowest BCUT2D eigenvalue weighted by molar-refractivity contribution is -0.384. The van der Waals surface area contributed by atoms with Gasteiger partial charge in [0.25, 0.3) is 5.69 Å². The first-order chi connectivity index (χ1) is 9.51. The van der Waals surface area contributed by atoms with E-state index in [9.17, 15) is 14.5 Å². The maximum absolute atomic E-state index is 13.6. The molecule has 2 aromatic rings. The molecule has 6 nitrogen and oxygen atoms in total. The average molecular weight is 273 g/mol. The van der Waals surface area contributed by atoms with Gasteiger partial charge in [-0.15, -0.1) is 0 Å². The van der Waals surface area contributed by atoms with Crippen LogP contribution in [0, 0.1) is 27.3 Å². The normalized spacial score (nSPS) is 9.80. The number of ether oxygens (including phenoxy) is 1. The van der Waals surface area contributed by atoms with Crippen LogP contribution in [0.15, 0.2) is 36.4 Å². The van der Waals surface area contributed by atoms with Gasteiger partial charge in [0.05, 0.1) is 22.2 Å². The summed E-state index contributed by atoms with van der Waals surface area (Å²) in [6, 6.07) is 9.10. The number of nitrogens with zero attached hydrogens (tertiary/aromatic N) is 2. The minimum absolute atomic E-state index is 0.0166. The Morgan fingerprint density at radius 3 is 2.50 bits per heavy atom. The zero-order valence-corrected chi connectivity index (χ0v) is 10.0. The first-order valence-corrected chi connectivity index (χ1v) is 5.42. The third-order valence-electron chi connectivity index (χ3n) is 2.49. The number of hydrogen-bond donors (Lipinski definition) is 1. The zero-order chi connectivity index (χ0) is 14.7. The molecule has 0 atom stereocenters. The topological polar surface area (TPSA) is 102 Å². The number of halogens is 1. The van der Waals surface area contributed by atoms with Gasteiger partial charge in [-0.3, -0.25) is 10.1 Å². The standard InChI is InChI=1S/C13H8FN3O3/c14-10-5-8(7-15)1-3-12(10)20-13-4-2-9(17(18)19)6-11(13)16/h1-6H,16H2. The lowest BCUT2D eigenvalue weighted by Crippen LogP contribution is -1.96. The molecule has 0 saturated carbocycles. The molecule has 0 unspecified atom stereocenters. The first-order valence-electron chi connectivity index (χ1n) is 5.42. The van der Waals surface area contributed by atoms with Crippen molar-refractivity contribution in [3.05, 3.63) is 57.9 Å². The number of benzene rings is 2. The number of nitriles is 1. The highest BCUT2D eigenvalue weighted by Gasteiger charge is 2.12. The number of anilines is 1. The van der Waals surface area contributed by atoms with E-state index in [4.69, 9.17) is 15.7 Å². The Balaban J connectivity index is 2.31. The number of non-ortho nitro benzene ring substituents is 1. The monoisotopic (exact) mass is 273 g/mol. The van der Waals surface area contributed by atoms with Gasteiger partial charge in [0.15, 0.2) is 17.3 Å². The van der Waals surface area contributed by atoms with Crippen molar-refractivity contribution < 1.29 is 14.1 Å². The van der Waals surface area contributed by atoms with Crippen molar-refractivity contribution in [2.24, 2.45) is 0 Å². The van der Waals surface area contributed by atoms with Gasteiger partial charge in [-0.2, -0.15) is 5.26 Å². The van der Waals surface area contributed by atoms with Gasteiger partial charge < -0.3 is 10.5 Å². The minimum Gasteiger partial charge on any atom is -0.452 e.